The Hall–Kier alpha value is -2.10. The highest BCUT2D eigenvalue weighted by atomic mass is 16.5. The van der Waals surface area contributed by atoms with Gasteiger partial charge >= 0.3 is 5.97 Å². The number of esters is 1. The summed E-state index contributed by atoms with van der Waals surface area (Å²) in [6, 6.07) is 7.64. The van der Waals surface area contributed by atoms with Crippen LogP contribution in [0.3, 0.4) is 0 Å². The zero-order valence-corrected chi connectivity index (χ0v) is 17.4. The molecule has 0 aromatic heterocycles. The van der Waals surface area contributed by atoms with Gasteiger partial charge < -0.3 is 10.1 Å². The zero-order chi connectivity index (χ0) is 20.2. The van der Waals surface area contributed by atoms with Crippen molar-refractivity contribution in [3.8, 4) is 0 Å². The molecule has 154 valence electrons. The van der Waals surface area contributed by atoms with Crippen molar-refractivity contribution in [3.63, 3.8) is 0 Å². The van der Waals surface area contributed by atoms with Crippen molar-refractivity contribution in [3.05, 3.63) is 41.5 Å². The SMILES string of the molecule is C/C=C/c1ccc(C(OC(=O)CC2CCCC2)C(=O)NCCCCCC)cc1. The number of carbonyl (C=O) groups is 2. The van der Waals surface area contributed by atoms with Gasteiger partial charge in [-0.2, -0.15) is 0 Å². The molecule has 1 unspecified atom stereocenters. The summed E-state index contributed by atoms with van der Waals surface area (Å²) >= 11 is 0. The first-order chi connectivity index (χ1) is 13.6. The van der Waals surface area contributed by atoms with Crippen molar-refractivity contribution >= 4 is 18.0 Å². The minimum atomic E-state index is -0.875. The number of ether oxygens (including phenoxy) is 1. The summed E-state index contributed by atoms with van der Waals surface area (Å²) in [5, 5.41) is 2.95. The van der Waals surface area contributed by atoms with Gasteiger partial charge in [-0.05, 0) is 37.7 Å². The molecule has 1 N–H and O–H groups in total. The lowest BCUT2D eigenvalue weighted by atomic mass is 10.0. The van der Waals surface area contributed by atoms with Gasteiger partial charge in [0, 0.05) is 18.5 Å². The van der Waals surface area contributed by atoms with Crippen molar-refractivity contribution in [2.75, 3.05) is 6.54 Å². The second-order valence-electron chi connectivity index (χ2n) is 7.74. The van der Waals surface area contributed by atoms with Gasteiger partial charge in [0.25, 0.3) is 5.91 Å². The van der Waals surface area contributed by atoms with Gasteiger partial charge in [-0.3, -0.25) is 9.59 Å². The number of unbranched alkanes of at least 4 members (excludes halogenated alkanes) is 3. The van der Waals surface area contributed by atoms with Crippen LogP contribution in [-0.4, -0.2) is 18.4 Å². The Kier molecular flexibility index (Phi) is 9.81. The molecular formula is C24H35NO3. The number of amides is 1. The summed E-state index contributed by atoms with van der Waals surface area (Å²) in [4.78, 5) is 25.2. The number of allylic oxidation sites excluding steroid dienone is 1. The summed E-state index contributed by atoms with van der Waals surface area (Å²) in [7, 11) is 0. The molecule has 28 heavy (non-hydrogen) atoms. The summed E-state index contributed by atoms with van der Waals surface area (Å²) in [6.45, 7) is 4.75. The molecule has 1 atom stereocenters. The smallest absolute Gasteiger partial charge is 0.307 e. The Bertz CT molecular complexity index is 630. The third kappa shape index (κ3) is 7.49. The zero-order valence-electron chi connectivity index (χ0n) is 17.4. The standard InChI is InChI=1S/C24H35NO3/c1-3-5-6-9-17-25-24(27)23(21-15-13-19(10-4-2)14-16-21)28-22(26)18-20-11-7-8-12-20/h4,10,13-16,20,23H,3,5-9,11-12,17-18H2,1-2H3,(H,25,27)/b10-4+. The molecule has 0 saturated heterocycles. The lowest BCUT2D eigenvalue weighted by molar-refractivity contribution is -0.157. The maximum Gasteiger partial charge on any atom is 0.307 e. The molecule has 4 heteroatoms. The third-order valence-electron chi connectivity index (χ3n) is 5.35. The quantitative estimate of drug-likeness (QED) is 0.399. The molecule has 0 heterocycles. The van der Waals surface area contributed by atoms with E-state index in [9.17, 15) is 9.59 Å². The number of benzene rings is 1. The Morgan fingerprint density at radius 1 is 1.14 bits per heavy atom. The van der Waals surface area contributed by atoms with Crippen LogP contribution in [0.1, 0.15) is 88.9 Å². The molecule has 1 aromatic carbocycles. The summed E-state index contributed by atoms with van der Waals surface area (Å²) in [6.07, 6.45) is 12.4. The van der Waals surface area contributed by atoms with E-state index in [0.717, 1.165) is 43.2 Å². The van der Waals surface area contributed by atoms with Gasteiger partial charge in [0.15, 0.2) is 0 Å². The number of nitrogens with one attached hydrogen (secondary N) is 1. The molecule has 1 amide bonds. The molecule has 2 rings (SSSR count). The number of carbonyl (C=O) groups excluding carboxylic acids is 2. The van der Waals surface area contributed by atoms with Gasteiger partial charge in [-0.15, -0.1) is 0 Å². The molecule has 0 spiro atoms. The average molecular weight is 386 g/mol. The minimum Gasteiger partial charge on any atom is -0.447 e. The molecular weight excluding hydrogens is 350 g/mol. The Balaban J connectivity index is 2.00. The highest BCUT2D eigenvalue weighted by molar-refractivity contribution is 5.85. The summed E-state index contributed by atoms with van der Waals surface area (Å²) in [5.41, 5.74) is 1.78. The lowest BCUT2D eigenvalue weighted by Gasteiger charge is -2.19. The van der Waals surface area contributed by atoms with Crippen molar-refractivity contribution in [1.29, 1.82) is 0 Å². The Labute approximate surface area is 169 Å². The Morgan fingerprint density at radius 3 is 2.50 bits per heavy atom. The predicted molar refractivity (Wildman–Crippen MR) is 114 cm³/mol. The van der Waals surface area contributed by atoms with E-state index >= 15 is 0 Å². The topological polar surface area (TPSA) is 55.4 Å². The number of hydrogen-bond acceptors (Lipinski definition) is 3. The molecule has 1 saturated carbocycles. The minimum absolute atomic E-state index is 0.227. The normalized spacial score (nSPS) is 15.6. The fourth-order valence-electron chi connectivity index (χ4n) is 3.73. The summed E-state index contributed by atoms with van der Waals surface area (Å²) in [5.74, 6) is -0.0899. The molecule has 0 bridgehead atoms. The highest BCUT2D eigenvalue weighted by Crippen LogP contribution is 2.29. The van der Waals surface area contributed by atoms with Gasteiger partial charge in [0.05, 0.1) is 0 Å². The van der Waals surface area contributed by atoms with E-state index in [1.807, 2.05) is 43.3 Å². The molecule has 0 aliphatic heterocycles. The van der Waals surface area contributed by atoms with Gasteiger partial charge in [0.2, 0.25) is 6.10 Å². The van der Waals surface area contributed by atoms with Crippen molar-refractivity contribution in [2.45, 2.75) is 77.7 Å². The van der Waals surface area contributed by atoms with Gasteiger partial charge in [-0.1, -0.05) is 75.4 Å². The van der Waals surface area contributed by atoms with Crippen LogP contribution in [0.25, 0.3) is 6.08 Å². The first-order valence-electron chi connectivity index (χ1n) is 10.8. The van der Waals surface area contributed by atoms with E-state index in [1.54, 1.807) is 0 Å². The molecule has 0 radical (unpaired) electrons. The second-order valence-corrected chi connectivity index (χ2v) is 7.74. The monoisotopic (exact) mass is 385 g/mol. The van der Waals surface area contributed by atoms with Crippen LogP contribution in [0.5, 0.6) is 0 Å². The second kappa shape index (κ2) is 12.4. The van der Waals surface area contributed by atoms with E-state index in [0.29, 0.717) is 18.9 Å². The van der Waals surface area contributed by atoms with E-state index in [-0.39, 0.29) is 11.9 Å². The van der Waals surface area contributed by atoms with Crippen molar-refractivity contribution in [2.24, 2.45) is 5.92 Å². The van der Waals surface area contributed by atoms with E-state index in [1.165, 1.54) is 19.3 Å². The van der Waals surface area contributed by atoms with Crippen LogP contribution < -0.4 is 5.32 Å². The third-order valence-corrected chi connectivity index (χ3v) is 5.35. The van der Waals surface area contributed by atoms with Crippen molar-refractivity contribution in [1.82, 2.24) is 5.32 Å². The molecule has 4 nitrogen and oxygen atoms in total. The molecule has 1 aliphatic rings. The Morgan fingerprint density at radius 2 is 1.86 bits per heavy atom. The molecule has 1 fully saturated rings. The first-order valence-corrected chi connectivity index (χ1v) is 10.8. The van der Waals surface area contributed by atoms with Crippen LogP contribution in [0.2, 0.25) is 0 Å². The van der Waals surface area contributed by atoms with Gasteiger partial charge in [0.1, 0.15) is 0 Å². The summed E-state index contributed by atoms with van der Waals surface area (Å²) < 4.78 is 5.67. The molecule has 1 aliphatic carbocycles. The molecule has 1 aromatic rings. The number of rotatable bonds is 11. The van der Waals surface area contributed by atoms with E-state index in [4.69, 9.17) is 4.74 Å². The van der Waals surface area contributed by atoms with Crippen LogP contribution in [0, 0.1) is 5.92 Å². The highest BCUT2D eigenvalue weighted by Gasteiger charge is 2.27. The van der Waals surface area contributed by atoms with Gasteiger partial charge in [-0.25, -0.2) is 0 Å². The van der Waals surface area contributed by atoms with Crippen LogP contribution in [0.4, 0.5) is 0 Å². The van der Waals surface area contributed by atoms with Crippen LogP contribution in [-0.2, 0) is 14.3 Å². The fraction of sp³-hybridized carbons (Fsp3) is 0.583. The maximum atomic E-state index is 12.8. The maximum absolute atomic E-state index is 12.8. The van der Waals surface area contributed by atoms with E-state index < -0.39 is 6.10 Å². The van der Waals surface area contributed by atoms with Crippen LogP contribution in [0.15, 0.2) is 30.3 Å². The fourth-order valence-corrected chi connectivity index (χ4v) is 3.73. The van der Waals surface area contributed by atoms with Crippen molar-refractivity contribution < 1.29 is 14.3 Å². The van der Waals surface area contributed by atoms with Crippen LogP contribution >= 0.6 is 0 Å². The first kappa shape index (κ1) is 22.2. The predicted octanol–water partition coefficient (Wildman–Crippen LogP) is 5.58. The van der Waals surface area contributed by atoms with E-state index in [2.05, 4.69) is 12.2 Å². The lowest BCUT2D eigenvalue weighted by Crippen LogP contribution is -2.33. The average Bonchev–Trinajstić information content (AvgIpc) is 3.20. The number of hydrogen-bond donors (Lipinski definition) is 1. The largest absolute Gasteiger partial charge is 0.447 e.